The summed E-state index contributed by atoms with van der Waals surface area (Å²) in [5, 5.41) is 0. The number of hydrogen-bond acceptors (Lipinski definition) is 1. The molecule has 1 aliphatic carbocycles. The maximum atomic E-state index is 2.45. The molecule has 9 rings (SSSR count). The molecule has 0 bridgehead atoms. The summed E-state index contributed by atoms with van der Waals surface area (Å²) < 4.78 is 0. The van der Waals surface area contributed by atoms with E-state index in [1.165, 1.54) is 61.2 Å². The van der Waals surface area contributed by atoms with Crippen LogP contribution in [0.2, 0.25) is 0 Å². The normalized spacial score (nSPS) is 12.6. The molecule has 1 heteroatoms. The van der Waals surface area contributed by atoms with Gasteiger partial charge in [0.05, 0.1) is 5.41 Å². The first-order valence-electron chi connectivity index (χ1n) is 17.7. The quantitative estimate of drug-likeness (QED) is 0.166. The Labute approximate surface area is 300 Å². The number of benzene rings is 8. The van der Waals surface area contributed by atoms with Gasteiger partial charge in [-0.3, -0.25) is 0 Å². The lowest BCUT2D eigenvalue weighted by Crippen LogP contribution is -2.28. The van der Waals surface area contributed by atoms with Crippen LogP contribution < -0.4 is 4.90 Å². The number of hydrogen-bond donors (Lipinski definition) is 0. The molecular formula is C50H37N. The van der Waals surface area contributed by atoms with Gasteiger partial charge in [0.25, 0.3) is 0 Å². The summed E-state index contributed by atoms with van der Waals surface area (Å²) >= 11 is 0. The Balaban J connectivity index is 1.33. The topological polar surface area (TPSA) is 3.24 Å². The van der Waals surface area contributed by atoms with Gasteiger partial charge in [-0.1, -0.05) is 169 Å². The van der Waals surface area contributed by atoms with Gasteiger partial charge >= 0.3 is 0 Å². The Bertz CT molecular complexity index is 2350. The fourth-order valence-electron chi connectivity index (χ4n) is 8.05. The third-order valence-corrected chi connectivity index (χ3v) is 10.4. The molecule has 8 aromatic carbocycles. The maximum Gasteiger partial charge on any atom is 0.0714 e. The lowest BCUT2D eigenvalue weighted by atomic mass is 9.67. The number of aryl methyl sites for hydroxylation is 1. The van der Waals surface area contributed by atoms with Gasteiger partial charge in [-0.05, 0) is 105 Å². The monoisotopic (exact) mass is 651 g/mol. The van der Waals surface area contributed by atoms with E-state index in [2.05, 4.69) is 218 Å². The Morgan fingerprint density at radius 1 is 0.333 bits per heavy atom. The Kier molecular flexibility index (Phi) is 7.67. The van der Waals surface area contributed by atoms with Crippen LogP contribution in [-0.2, 0) is 5.41 Å². The summed E-state index contributed by atoms with van der Waals surface area (Å²) in [5.74, 6) is 0. The van der Waals surface area contributed by atoms with Crippen molar-refractivity contribution < 1.29 is 0 Å². The number of rotatable bonds is 7. The standard InChI is InChI=1S/C50H37N/c1-36-26-28-43(29-27-36)51(45-33-39(37-16-6-2-7-17-37)32-40(34-45)38-18-8-3-9-19-38)44-30-31-47-46-24-14-15-25-48(46)50(49(47)35-44,41-20-10-4-11-21-41)42-22-12-5-13-23-42/h2-35H,1H3. The molecule has 0 atom stereocenters. The second-order valence-electron chi connectivity index (χ2n) is 13.4. The van der Waals surface area contributed by atoms with Crippen molar-refractivity contribution in [2.24, 2.45) is 0 Å². The minimum Gasteiger partial charge on any atom is -0.310 e. The average molecular weight is 652 g/mol. The first-order chi connectivity index (χ1) is 25.2. The second kappa shape index (κ2) is 12.8. The van der Waals surface area contributed by atoms with Crippen molar-refractivity contribution in [3.8, 4) is 33.4 Å². The molecule has 51 heavy (non-hydrogen) atoms. The highest BCUT2D eigenvalue weighted by Crippen LogP contribution is 2.57. The van der Waals surface area contributed by atoms with Crippen LogP contribution in [0.4, 0.5) is 17.1 Å². The van der Waals surface area contributed by atoms with E-state index < -0.39 is 5.41 Å². The summed E-state index contributed by atoms with van der Waals surface area (Å²) in [5.41, 5.74) is 16.5. The van der Waals surface area contributed by atoms with Crippen LogP contribution in [-0.4, -0.2) is 0 Å². The van der Waals surface area contributed by atoms with Crippen LogP contribution >= 0.6 is 0 Å². The molecule has 0 saturated carbocycles. The van der Waals surface area contributed by atoms with Crippen molar-refractivity contribution in [3.63, 3.8) is 0 Å². The van der Waals surface area contributed by atoms with E-state index >= 15 is 0 Å². The predicted octanol–water partition coefficient (Wildman–Crippen LogP) is 13.2. The first-order valence-corrected chi connectivity index (χ1v) is 17.7. The molecule has 0 aromatic heterocycles. The van der Waals surface area contributed by atoms with Gasteiger partial charge in [-0.25, -0.2) is 0 Å². The third-order valence-electron chi connectivity index (χ3n) is 10.4. The Morgan fingerprint density at radius 2 is 0.804 bits per heavy atom. The van der Waals surface area contributed by atoms with Crippen molar-refractivity contribution >= 4 is 17.1 Å². The summed E-state index contributed by atoms with van der Waals surface area (Å²) in [6, 6.07) is 75.5. The van der Waals surface area contributed by atoms with E-state index in [1.807, 2.05) is 0 Å². The van der Waals surface area contributed by atoms with Crippen LogP contribution in [0.5, 0.6) is 0 Å². The summed E-state index contributed by atoms with van der Waals surface area (Å²) in [6.45, 7) is 2.15. The summed E-state index contributed by atoms with van der Waals surface area (Å²) in [6.07, 6.45) is 0. The smallest absolute Gasteiger partial charge is 0.0714 e. The molecule has 0 unspecified atom stereocenters. The summed E-state index contributed by atoms with van der Waals surface area (Å²) in [7, 11) is 0. The van der Waals surface area contributed by atoms with Gasteiger partial charge in [0, 0.05) is 17.1 Å². The highest BCUT2D eigenvalue weighted by atomic mass is 15.1. The SMILES string of the molecule is Cc1ccc(N(c2cc(-c3ccccc3)cc(-c3ccccc3)c2)c2ccc3c(c2)C(c2ccccc2)(c2ccccc2)c2ccccc2-3)cc1. The van der Waals surface area contributed by atoms with Crippen molar-refractivity contribution in [1.82, 2.24) is 0 Å². The molecule has 0 radical (unpaired) electrons. The fourth-order valence-corrected chi connectivity index (χ4v) is 8.05. The van der Waals surface area contributed by atoms with E-state index in [0.29, 0.717) is 0 Å². The van der Waals surface area contributed by atoms with Crippen LogP contribution in [0.1, 0.15) is 27.8 Å². The fraction of sp³-hybridized carbons (Fsp3) is 0.0400. The molecule has 0 spiro atoms. The molecule has 0 saturated heterocycles. The van der Waals surface area contributed by atoms with E-state index in [-0.39, 0.29) is 0 Å². The average Bonchev–Trinajstić information content (AvgIpc) is 3.50. The lowest BCUT2D eigenvalue weighted by Gasteiger charge is -2.35. The zero-order valence-corrected chi connectivity index (χ0v) is 28.6. The number of fused-ring (bicyclic) bond motifs is 3. The third kappa shape index (κ3) is 5.26. The predicted molar refractivity (Wildman–Crippen MR) is 214 cm³/mol. The zero-order valence-electron chi connectivity index (χ0n) is 28.6. The van der Waals surface area contributed by atoms with Gasteiger partial charge in [0.2, 0.25) is 0 Å². The summed E-state index contributed by atoms with van der Waals surface area (Å²) in [4.78, 5) is 2.43. The first kappa shape index (κ1) is 30.6. The molecule has 1 nitrogen and oxygen atoms in total. The molecule has 1 aliphatic rings. The van der Waals surface area contributed by atoms with Gasteiger partial charge < -0.3 is 4.90 Å². The van der Waals surface area contributed by atoms with Gasteiger partial charge in [-0.2, -0.15) is 0 Å². The van der Waals surface area contributed by atoms with E-state index in [4.69, 9.17) is 0 Å². The molecule has 0 amide bonds. The van der Waals surface area contributed by atoms with E-state index in [9.17, 15) is 0 Å². The zero-order chi connectivity index (χ0) is 34.2. The maximum absolute atomic E-state index is 2.45. The van der Waals surface area contributed by atoms with Crippen LogP contribution in [0.25, 0.3) is 33.4 Å². The molecule has 0 heterocycles. The van der Waals surface area contributed by atoms with Gasteiger partial charge in [-0.15, -0.1) is 0 Å². The van der Waals surface area contributed by atoms with Gasteiger partial charge in [0.1, 0.15) is 0 Å². The molecule has 242 valence electrons. The van der Waals surface area contributed by atoms with Crippen LogP contribution in [0.3, 0.4) is 0 Å². The Hall–Kier alpha value is -6.44. The lowest BCUT2D eigenvalue weighted by molar-refractivity contribution is 0.768. The highest BCUT2D eigenvalue weighted by Gasteiger charge is 2.46. The second-order valence-corrected chi connectivity index (χ2v) is 13.4. The van der Waals surface area contributed by atoms with Crippen molar-refractivity contribution in [1.29, 1.82) is 0 Å². The number of anilines is 3. The van der Waals surface area contributed by atoms with Crippen molar-refractivity contribution in [3.05, 3.63) is 234 Å². The largest absolute Gasteiger partial charge is 0.310 e. The molecule has 0 aliphatic heterocycles. The van der Waals surface area contributed by atoms with Gasteiger partial charge in [0.15, 0.2) is 0 Å². The Morgan fingerprint density at radius 3 is 1.37 bits per heavy atom. The van der Waals surface area contributed by atoms with Crippen LogP contribution in [0, 0.1) is 6.92 Å². The van der Waals surface area contributed by atoms with Crippen molar-refractivity contribution in [2.45, 2.75) is 12.3 Å². The van der Waals surface area contributed by atoms with E-state index in [0.717, 1.165) is 17.1 Å². The highest BCUT2D eigenvalue weighted by molar-refractivity contribution is 5.91. The number of nitrogens with zero attached hydrogens (tertiary/aromatic N) is 1. The minimum atomic E-state index is -0.482. The molecular weight excluding hydrogens is 615 g/mol. The van der Waals surface area contributed by atoms with Crippen LogP contribution in [0.15, 0.2) is 206 Å². The minimum absolute atomic E-state index is 0.482. The molecule has 0 fully saturated rings. The molecule has 0 N–H and O–H groups in total. The van der Waals surface area contributed by atoms with E-state index in [1.54, 1.807) is 0 Å². The molecule has 8 aromatic rings. The van der Waals surface area contributed by atoms with Crippen molar-refractivity contribution in [2.75, 3.05) is 4.90 Å².